The van der Waals surface area contributed by atoms with Crippen molar-refractivity contribution in [3.05, 3.63) is 29.3 Å². The minimum Gasteiger partial charge on any atom is -0.326 e. The van der Waals surface area contributed by atoms with E-state index in [4.69, 9.17) is 5.73 Å². The predicted octanol–water partition coefficient (Wildman–Crippen LogP) is 2.03. The van der Waals surface area contributed by atoms with Crippen LogP contribution in [0, 0.1) is 11.8 Å². The van der Waals surface area contributed by atoms with Crippen LogP contribution in [0.4, 0.5) is 0 Å². The lowest BCUT2D eigenvalue weighted by Gasteiger charge is -2.13. The molecule has 0 bridgehead atoms. The van der Waals surface area contributed by atoms with Gasteiger partial charge in [0.15, 0.2) is 0 Å². The average Bonchev–Trinajstić information content (AvgIpc) is 3.28. The topological polar surface area (TPSA) is 72.2 Å². The number of nitrogens with two attached hydrogens (primary N) is 1. The zero-order valence-corrected chi connectivity index (χ0v) is 13.0. The third kappa shape index (κ3) is 3.59. The highest BCUT2D eigenvalue weighted by Gasteiger charge is 2.28. The normalized spacial score (nSPS) is 17.1. The van der Waals surface area contributed by atoms with Crippen LogP contribution in [0.25, 0.3) is 0 Å². The molecule has 1 saturated carbocycles. The molecule has 2 rings (SSSR count). The highest BCUT2D eigenvalue weighted by atomic mass is 32.2. The Morgan fingerprint density at radius 1 is 1.35 bits per heavy atom. The monoisotopic (exact) mass is 296 g/mol. The van der Waals surface area contributed by atoms with Crippen molar-refractivity contribution < 1.29 is 8.42 Å². The summed E-state index contributed by atoms with van der Waals surface area (Å²) in [7, 11) is -3.42. The Labute approximate surface area is 121 Å². The van der Waals surface area contributed by atoms with Gasteiger partial charge in [0.1, 0.15) is 0 Å². The second-order valence-corrected chi connectivity index (χ2v) is 7.42. The zero-order valence-electron chi connectivity index (χ0n) is 12.2. The molecule has 5 heteroatoms. The molecule has 1 aliphatic rings. The van der Waals surface area contributed by atoms with E-state index < -0.39 is 10.0 Å². The molecule has 0 aromatic heterocycles. The molecule has 0 aliphatic heterocycles. The molecule has 1 aliphatic carbocycles. The first-order valence-electron chi connectivity index (χ1n) is 7.29. The minimum atomic E-state index is -3.42. The van der Waals surface area contributed by atoms with Gasteiger partial charge in [-0.2, -0.15) is 0 Å². The summed E-state index contributed by atoms with van der Waals surface area (Å²) in [5, 5.41) is 0. The van der Waals surface area contributed by atoms with Gasteiger partial charge in [-0.25, -0.2) is 13.1 Å². The van der Waals surface area contributed by atoms with Crippen molar-refractivity contribution >= 4 is 10.0 Å². The molecule has 0 heterocycles. The fourth-order valence-electron chi connectivity index (χ4n) is 2.46. The van der Waals surface area contributed by atoms with E-state index in [1.54, 1.807) is 12.1 Å². The first-order valence-corrected chi connectivity index (χ1v) is 8.77. The number of aryl methyl sites for hydroxylation is 1. The third-order valence-electron chi connectivity index (χ3n) is 4.11. The lowest BCUT2D eigenvalue weighted by molar-refractivity contribution is 0.492. The predicted molar refractivity (Wildman–Crippen MR) is 80.8 cm³/mol. The first kappa shape index (κ1) is 15.5. The molecule has 1 unspecified atom stereocenters. The van der Waals surface area contributed by atoms with Gasteiger partial charge in [0.05, 0.1) is 4.90 Å². The second-order valence-electron chi connectivity index (χ2n) is 5.65. The van der Waals surface area contributed by atoms with Gasteiger partial charge in [-0.3, -0.25) is 0 Å². The van der Waals surface area contributed by atoms with Crippen LogP contribution in [-0.4, -0.2) is 15.0 Å². The van der Waals surface area contributed by atoms with Crippen molar-refractivity contribution in [3.8, 4) is 0 Å². The Balaban J connectivity index is 2.11. The van der Waals surface area contributed by atoms with E-state index in [1.807, 2.05) is 13.0 Å². The molecular formula is C15H24N2O2S. The van der Waals surface area contributed by atoms with Crippen LogP contribution in [0.15, 0.2) is 23.1 Å². The molecule has 4 nitrogen and oxygen atoms in total. The van der Waals surface area contributed by atoms with E-state index >= 15 is 0 Å². The van der Waals surface area contributed by atoms with Crippen LogP contribution < -0.4 is 10.5 Å². The molecule has 112 valence electrons. The highest BCUT2D eigenvalue weighted by Crippen LogP contribution is 2.36. The maximum Gasteiger partial charge on any atom is 0.240 e. The van der Waals surface area contributed by atoms with Crippen molar-refractivity contribution in [2.45, 2.75) is 44.6 Å². The van der Waals surface area contributed by atoms with Crippen LogP contribution >= 0.6 is 0 Å². The maximum atomic E-state index is 12.3. The van der Waals surface area contributed by atoms with Gasteiger partial charge in [0.25, 0.3) is 0 Å². The van der Waals surface area contributed by atoms with Gasteiger partial charge >= 0.3 is 0 Å². The number of benzene rings is 1. The van der Waals surface area contributed by atoms with Crippen molar-refractivity contribution in [1.82, 2.24) is 4.72 Å². The van der Waals surface area contributed by atoms with Crippen molar-refractivity contribution in [2.24, 2.45) is 17.6 Å². The lowest BCUT2D eigenvalue weighted by atomic mass is 10.1. The molecule has 1 aromatic carbocycles. The van der Waals surface area contributed by atoms with E-state index in [2.05, 4.69) is 11.6 Å². The van der Waals surface area contributed by atoms with Gasteiger partial charge < -0.3 is 5.73 Å². The fraction of sp³-hybridized carbons (Fsp3) is 0.600. The van der Waals surface area contributed by atoms with Gasteiger partial charge in [-0.15, -0.1) is 0 Å². The van der Waals surface area contributed by atoms with Crippen molar-refractivity contribution in [2.75, 3.05) is 6.54 Å². The minimum absolute atomic E-state index is 0.318. The van der Waals surface area contributed by atoms with Crippen molar-refractivity contribution in [3.63, 3.8) is 0 Å². The maximum absolute atomic E-state index is 12.3. The lowest BCUT2D eigenvalue weighted by Crippen LogP contribution is -2.29. The molecule has 1 fully saturated rings. The quantitative estimate of drug-likeness (QED) is 0.808. The van der Waals surface area contributed by atoms with E-state index in [0.29, 0.717) is 29.8 Å². The number of sulfonamides is 1. The van der Waals surface area contributed by atoms with Crippen molar-refractivity contribution in [1.29, 1.82) is 0 Å². The highest BCUT2D eigenvalue weighted by molar-refractivity contribution is 7.89. The van der Waals surface area contributed by atoms with Crippen LogP contribution in [0.3, 0.4) is 0 Å². The summed E-state index contributed by atoms with van der Waals surface area (Å²) >= 11 is 0. The van der Waals surface area contributed by atoms with Gasteiger partial charge in [0, 0.05) is 13.1 Å². The Kier molecular flexibility index (Phi) is 4.83. The molecule has 1 aromatic rings. The molecule has 20 heavy (non-hydrogen) atoms. The average molecular weight is 296 g/mol. The van der Waals surface area contributed by atoms with Gasteiger partial charge in [-0.05, 0) is 54.4 Å². The Bertz CT molecular complexity index is 565. The summed E-state index contributed by atoms with van der Waals surface area (Å²) in [6, 6.07) is 5.23. The van der Waals surface area contributed by atoms with Crippen LogP contribution in [-0.2, 0) is 23.0 Å². The molecule has 0 spiro atoms. The largest absolute Gasteiger partial charge is 0.326 e. The molecule has 0 radical (unpaired) electrons. The molecule has 3 N–H and O–H groups in total. The zero-order chi connectivity index (χ0) is 14.8. The van der Waals surface area contributed by atoms with E-state index in [9.17, 15) is 8.42 Å². The first-order chi connectivity index (χ1) is 9.47. The van der Waals surface area contributed by atoms with Crippen LogP contribution in [0.5, 0.6) is 0 Å². The SMILES string of the molecule is CCc1ccc(S(=O)(=O)NCC(C)C2CC2)cc1CN. The van der Waals surface area contributed by atoms with Gasteiger partial charge in [-0.1, -0.05) is 19.9 Å². The third-order valence-corrected chi connectivity index (χ3v) is 5.53. The Morgan fingerprint density at radius 2 is 2.05 bits per heavy atom. The molecule has 0 amide bonds. The molecular weight excluding hydrogens is 272 g/mol. The number of nitrogens with one attached hydrogen (secondary N) is 1. The second kappa shape index (κ2) is 6.24. The van der Waals surface area contributed by atoms with Crippen LogP contribution in [0.1, 0.15) is 37.8 Å². The summed E-state index contributed by atoms with van der Waals surface area (Å²) in [5.41, 5.74) is 7.71. The smallest absolute Gasteiger partial charge is 0.240 e. The standard InChI is InChI=1S/C15H24N2O2S/c1-3-12-6-7-15(8-14(12)9-16)20(18,19)17-10-11(2)13-4-5-13/h6-8,11,13,17H,3-5,9-10,16H2,1-2H3. The summed E-state index contributed by atoms with van der Waals surface area (Å²) in [4.78, 5) is 0.318. The summed E-state index contributed by atoms with van der Waals surface area (Å²) < 4.78 is 27.3. The van der Waals surface area contributed by atoms with Gasteiger partial charge in [0.2, 0.25) is 10.0 Å². The summed E-state index contributed by atoms with van der Waals surface area (Å²) in [5.74, 6) is 1.11. The van der Waals surface area contributed by atoms with E-state index in [-0.39, 0.29) is 0 Å². The Hall–Kier alpha value is -0.910. The molecule has 1 atom stereocenters. The van der Waals surface area contributed by atoms with Crippen LogP contribution in [0.2, 0.25) is 0 Å². The Morgan fingerprint density at radius 3 is 2.60 bits per heavy atom. The fourth-order valence-corrected chi connectivity index (χ4v) is 3.65. The summed E-state index contributed by atoms with van der Waals surface area (Å²) in [6.07, 6.45) is 3.32. The van der Waals surface area contributed by atoms with E-state index in [1.165, 1.54) is 12.8 Å². The molecule has 0 saturated heterocycles. The van der Waals surface area contributed by atoms with E-state index in [0.717, 1.165) is 17.5 Å². The number of rotatable bonds is 7. The number of hydrogen-bond donors (Lipinski definition) is 2. The number of hydrogen-bond acceptors (Lipinski definition) is 3. The summed E-state index contributed by atoms with van der Waals surface area (Å²) in [6.45, 7) is 5.02.